The van der Waals surface area contributed by atoms with Crippen LogP contribution >= 0.6 is 0 Å². The molecule has 5 nitrogen and oxygen atoms in total. The molecule has 3 aromatic rings. The van der Waals surface area contributed by atoms with Gasteiger partial charge in [-0.05, 0) is 42.2 Å². The number of aryl methyl sites for hydroxylation is 1. The minimum Gasteiger partial charge on any atom is -0.384 e. The second-order valence-corrected chi connectivity index (χ2v) is 9.47. The quantitative estimate of drug-likeness (QED) is 0.633. The summed E-state index contributed by atoms with van der Waals surface area (Å²) >= 11 is 0. The summed E-state index contributed by atoms with van der Waals surface area (Å²) in [6.45, 7) is 8.68. The third-order valence-corrected chi connectivity index (χ3v) is 7.47. The zero-order valence-electron chi connectivity index (χ0n) is 18.7. The first-order valence-corrected chi connectivity index (χ1v) is 11.3. The number of ether oxygens (including phenoxy) is 1. The van der Waals surface area contributed by atoms with Crippen molar-refractivity contribution in [1.29, 1.82) is 0 Å². The number of benzene rings is 1. The lowest BCUT2D eigenvalue weighted by Gasteiger charge is -2.50. The predicted molar refractivity (Wildman–Crippen MR) is 119 cm³/mol. The molecule has 32 heavy (non-hydrogen) atoms. The van der Waals surface area contributed by atoms with E-state index in [9.17, 15) is 9.50 Å². The summed E-state index contributed by atoms with van der Waals surface area (Å²) in [5, 5.41) is 12.2. The highest BCUT2D eigenvalue weighted by molar-refractivity contribution is 5.93. The fraction of sp³-hybridized carbons (Fsp3) is 0.480. The van der Waals surface area contributed by atoms with Gasteiger partial charge in [-0.2, -0.15) is 0 Å². The predicted octanol–water partition coefficient (Wildman–Crippen LogP) is 4.38. The Kier molecular flexibility index (Phi) is 5.31. The maximum absolute atomic E-state index is 15.7. The fourth-order valence-corrected chi connectivity index (χ4v) is 5.81. The van der Waals surface area contributed by atoms with Crippen molar-refractivity contribution >= 4 is 11.0 Å². The number of pyridine rings is 1. The first kappa shape index (κ1) is 21.5. The molecule has 2 aromatic heterocycles. The molecule has 0 saturated carbocycles. The van der Waals surface area contributed by atoms with Crippen molar-refractivity contribution in [2.75, 3.05) is 26.3 Å². The van der Waals surface area contributed by atoms with Crippen LogP contribution in [0.2, 0.25) is 0 Å². The summed E-state index contributed by atoms with van der Waals surface area (Å²) in [5.41, 5.74) is 1.30. The van der Waals surface area contributed by atoms with Gasteiger partial charge in [0.25, 0.3) is 0 Å². The Hall–Kier alpha value is -2.35. The molecule has 0 bridgehead atoms. The van der Waals surface area contributed by atoms with Crippen molar-refractivity contribution in [2.24, 2.45) is 11.8 Å². The number of hydrogen-bond acceptors (Lipinski definition) is 4. The molecule has 7 heteroatoms. The van der Waals surface area contributed by atoms with Gasteiger partial charge in [0.15, 0.2) is 5.82 Å². The number of hydrogen-bond donors (Lipinski definition) is 2. The third-order valence-electron chi connectivity index (χ3n) is 7.47. The maximum atomic E-state index is 15.7. The van der Waals surface area contributed by atoms with Gasteiger partial charge in [0, 0.05) is 55.5 Å². The summed E-state index contributed by atoms with van der Waals surface area (Å²) in [7, 11) is 0. The van der Waals surface area contributed by atoms with Crippen molar-refractivity contribution < 1.29 is 18.6 Å². The number of aromatic nitrogens is 2. The number of fused-ring (bicyclic) bond motifs is 1. The number of rotatable bonds is 3. The van der Waals surface area contributed by atoms with E-state index in [1.165, 1.54) is 12.3 Å². The van der Waals surface area contributed by atoms with Crippen LogP contribution in [0.4, 0.5) is 8.78 Å². The zero-order chi connectivity index (χ0) is 22.6. The van der Waals surface area contributed by atoms with Gasteiger partial charge >= 0.3 is 0 Å². The summed E-state index contributed by atoms with van der Waals surface area (Å²) in [6.07, 6.45) is 3.83. The SMILES string of the molecule is Cc1cc(-c2ccnc3[nH]cc(F)c23)cc(F)c1C1(O)[C@H](C)CN(C2CCOC2)C[C@@H]1C. The average molecular weight is 442 g/mol. The van der Waals surface area contributed by atoms with E-state index in [1.54, 1.807) is 12.3 Å². The molecule has 4 heterocycles. The number of nitrogens with one attached hydrogen (secondary N) is 1. The third kappa shape index (κ3) is 3.26. The van der Waals surface area contributed by atoms with E-state index in [-0.39, 0.29) is 11.8 Å². The lowest BCUT2D eigenvalue weighted by molar-refractivity contribution is -0.122. The molecule has 2 fully saturated rings. The van der Waals surface area contributed by atoms with Crippen LogP contribution in [0.1, 0.15) is 31.4 Å². The maximum Gasteiger partial charge on any atom is 0.150 e. The van der Waals surface area contributed by atoms with Gasteiger partial charge in [-0.1, -0.05) is 19.9 Å². The minimum atomic E-state index is -1.28. The molecule has 1 aromatic carbocycles. The van der Waals surface area contributed by atoms with Crippen molar-refractivity contribution in [3.05, 3.63) is 53.4 Å². The number of nitrogens with zero attached hydrogens (tertiary/aromatic N) is 2. The highest BCUT2D eigenvalue weighted by atomic mass is 19.1. The summed E-state index contributed by atoms with van der Waals surface area (Å²) in [4.78, 5) is 9.33. The van der Waals surface area contributed by atoms with E-state index in [0.29, 0.717) is 52.4 Å². The Bertz CT molecular complexity index is 1120. The number of likely N-dealkylation sites (tertiary alicyclic amines) is 1. The van der Waals surface area contributed by atoms with Crippen molar-refractivity contribution in [1.82, 2.24) is 14.9 Å². The lowest BCUT2D eigenvalue weighted by Crippen LogP contribution is -2.57. The number of aromatic amines is 1. The molecule has 0 radical (unpaired) electrons. The Balaban J connectivity index is 1.54. The zero-order valence-corrected chi connectivity index (χ0v) is 18.7. The number of H-pyrrole nitrogens is 1. The van der Waals surface area contributed by atoms with E-state index in [0.717, 1.165) is 19.6 Å². The fourth-order valence-electron chi connectivity index (χ4n) is 5.81. The van der Waals surface area contributed by atoms with Gasteiger partial charge in [0.05, 0.1) is 12.0 Å². The van der Waals surface area contributed by atoms with E-state index >= 15 is 4.39 Å². The van der Waals surface area contributed by atoms with Gasteiger partial charge in [0.2, 0.25) is 0 Å². The van der Waals surface area contributed by atoms with Crippen molar-refractivity contribution in [2.45, 2.75) is 38.8 Å². The highest BCUT2D eigenvalue weighted by Crippen LogP contribution is 2.45. The average Bonchev–Trinajstić information content (AvgIpc) is 3.42. The second-order valence-electron chi connectivity index (χ2n) is 9.47. The van der Waals surface area contributed by atoms with Crippen LogP contribution in [0.3, 0.4) is 0 Å². The topological polar surface area (TPSA) is 61.4 Å². The molecule has 0 aliphatic carbocycles. The standard InChI is InChI=1S/C25H29F2N3O2/c1-14-8-17(19-4-6-28-24-22(19)21(27)10-29-24)9-20(26)23(14)25(31)15(2)11-30(12-16(25)3)18-5-7-32-13-18/h4,6,8-10,15-16,18,31H,5,7,11-13H2,1-3H3,(H,28,29)/t15-,16+,18?,25?. The number of aliphatic hydroxyl groups is 1. The number of halogens is 2. The van der Waals surface area contributed by atoms with E-state index in [1.807, 2.05) is 26.8 Å². The monoisotopic (exact) mass is 441 g/mol. The Morgan fingerprint density at radius 1 is 1.19 bits per heavy atom. The molecule has 2 unspecified atom stereocenters. The van der Waals surface area contributed by atoms with E-state index in [2.05, 4.69) is 14.9 Å². The molecular weight excluding hydrogens is 412 g/mol. The minimum absolute atomic E-state index is 0.152. The molecule has 2 N–H and O–H groups in total. The first-order valence-electron chi connectivity index (χ1n) is 11.3. The summed E-state index contributed by atoms with van der Waals surface area (Å²) in [5.74, 6) is -1.18. The molecular formula is C25H29F2N3O2. The summed E-state index contributed by atoms with van der Waals surface area (Å²) < 4.78 is 35.6. The van der Waals surface area contributed by atoms with Crippen LogP contribution in [-0.2, 0) is 10.3 Å². The Morgan fingerprint density at radius 2 is 1.94 bits per heavy atom. The summed E-state index contributed by atoms with van der Waals surface area (Å²) in [6, 6.07) is 5.31. The van der Waals surface area contributed by atoms with Crippen LogP contribution in [0.25, 0.3) is 22.2 Å². The van der Waals surface area contributed by atoms with Crippen molar-refractivity contribution in [3.63, 3.8) is 0 Å². The van der Waals surface area contributed by atoms with Gasteiger partial charge in [-0.25, -0.2) is 13.8 Å². The van der Waals surface area contributed by atoms with Gasteiger partial charge < -0.3 is 14.8 Å². The van der Waals surface area contributed by atoms with Crippen LogP contribution in [-0.4, -0.2) is 52.3 Å². The molecule has 2 aliphatic rings. The smallest absolute Gasteiger partial charge is 0.150 e. The molecule has 0 spiro atoms. The molecule has 0 amide bonds. The molecule has 5 rings (SSSR count). The van der Waals surface area contributed by atoms with Gasteiger partial charge in [0.1, 0.15) is 17.1 Å². The second kappa shape index (κ2) is 7.90. The van der Waals surface area contributed by atoms with Gasteiger partial charge in [-0.15, -0.1) is 0 Å². The lowest BCUT2D eigenvalue weighted by atomic mass is 9.69. The van der Waals surface area contributed by atoms with Crippen molar-refractivity contribution in [3.8, 4) is 11.1 Å². The van der Waals surface area contributed by atoms with Crippen LogP contribution in [0, 0.1) is 30.4 Å². The van der Waals surface area contributed by atoms with Crippen LogP contribution < -0.4 is 0 Å². The first-order chi connectivity index (χ1) is 15.3. The molecule has 170 valence electrons. The normalized spacial score (nSPS) is 29.1. The van der Waals surface area contributed by atoms with Crippen LogP contribution in [0.15, 0.2) is 30.6 Å². The van der Waals surface area contributed by atoms with E-state index < -0.39 is 17.2 Å². The largest absolute Gasteiger partial charge is 0.384 e. The molecule has 2 aliphatic heterocycles. The number of piperidine rings is 1. The molecule has 2 saturated heterocycles. The van der Waals surface area contributed by atoms with E-state index in [4.69, 9.17) is 4.74 Å². The Labute approximate surface area is 186 Å². The Morgan fingerprint density at radius 3 is 2.59 bits per heavy atom. The highest BCUT2D eigenvalue weighted by Gasteiger charge is 2.49. The molecule has 4 atom stereocenters. The van der Waals surface area contributed by atoms with Gasteiger partial charge in [-0.3, -0.25) is 4.90 Å². The van der Waals surface area contributed by atoms with Crippen LogP contribution in [0.5, 0.6) is 0 Å².